The molecule has 0 bridgehead atoms. The molecular formula is C15H25N3. The van der Waals surface area contributed by atoms with Gasteiger partial charge in [0.25, 0.3) is 0 Å². The third-order valence-corrected chi connectivity index (χ3v) is 4.22. The zero-order valence-corrected chi connectivity index (χ0v) is 11.7. The quantitative estimate of drug-likeness (QED) is 0.863. The second kappa shape index (κ2) is 6.30. The van der Waals surface area contributed by atoms with Crippen LogP contribution in [0.4, 0.5) is 0 Å². The third-order valence-electron chi connectivity index (χ3n) is 4.22. The predicted molar refractivity (Wildman–Crippen MR) is 75.7 cm³/mol. The summed E-state index contributed by atoms with van der Waals surface area (Å²) in [5.74, 6) is 0. The van der Waals surface area contributed by atoms with Crippen LogP contribution in [0.5, 0.6) is 0 Å². The number of hydrogen-bond acceptors (Lipinski definition) is 3. The Bertz CT molecular complexity index is 346. The Morgan fingerprint density at radius 1 is 1.33 bits per heavy atom. The maximum atomic E-state index is 4.40. The van der Waals surface area contributed by atoms with Gasteiger partial charge in [-0.3, -0.25) is 9.88 Å². The highest BCUT2D eigenvalue weighted by Crippen LogP contribution is 2.19. The average molecular weight is 247 g/mol. The van der Waals surface area contributed by atoms with Crippen molar-refractivity contribution in [3.05, 3.63) is 30.1 Å². The van der Waals surface area contributed by atoms with Gasteiger partial charge in [-0.2, -0.15) is 0 Å². The summed E-state index contributed by atoms with van der Waals surface area (Å²) >= 11 is 0. The van der Waals surface area contributed by atoms with Gasteiger partial charge in [0, 0.05) is 50.0 Å². The number of rotatable bonds is 5. The first kappa shape index (κ1) is 13.5. The van der Waals surface area contributed by atoms with Gasteiger partial charge in [-0.05, 0) is 25.0 Å². The van der Waals surface area contributed by atoms with Crippen molar-refractivity contribution < 1.29 is 0 Å². The van der Waals surface area contributed by atoms with E-state index in [9.17, 15) is 0 Å². The molecule has 2 rings (SSSR count). The Morgan fingerprint density at radius 3 is 2.83 bits per heavy atom. The van der Waals surface area contributed by atoms with E-state index in [-0.39, 0.29) is 0 Å². The lowest BCUT2D eigenvalue weighted by Gasteiger charge is -2.43. The highest BCUT2D eigenvalue weighted by atomic mass is 15.2. The van der Waals surface area contributed by atoms with Crippen molar-refractivity contribution in [1.29, 1.82) is 0 Å². The molecule has 3 heteroatoms. The number of piperazine rings is 1. The second-order valence-electron chi connectivity index (χ2n) is 5.26. The Balaban J connectivity index is 1.86. The van der Waals surface area contributed by atoms with Crippen molar-refractivity contribution in [3.8, 4) is 0 Å². The molecule has 0 aromatic carbocycles. The maximum Gasteiger partial charge on any atom is 0.0416 e. The standard InChI is InChI=1S/C15H25N3/c1-3-15(4-2)13-18(12-10-17-15)11-8-14-7-5-6-9-16-14/h5-7,9,17H,3-4,8,10-13H2,1-2H3. The Labute approximate surface area is 111 Å². The van der Waals surface area contributed by atoms with Crippen LogP contribution >= 0.6 is 0 Å². The van der Waals surface area contributed by atoms with E-state index in [1.54, 1.807) is 0 Å². The highest BCUT2D eigenvalue weighted by Gasteiger charge is 2.31. The first-order valence-corrected chi connectivity index (χ1v) is 7.15. The van der Waals surface area contributed by atoms with Gasteiger partial charge < -0.3 is 5.32 Å². The molecule has 0 amide bonds. The molecule has 1 aromatic rings. The van der Waals surface area contributed by atoms with E-state index >= 15 is 0 Å². The van der Waals surface area contributed by atoms with Gasteiger partial charge in [0.15, 0.2) is 0 Å². The first-order chi connectivity index (χ1) is 8.78. The van der Waals surface area contributed by atoms with E-state index in [1.165, 1.54) is 25.1 Å². The van der Waals surface area contributed by atoms with Crippen molar-refractivity contribution >= 4 is 0 Å². The summed E-state index contributed by atoms with van der Waals surface area (Å²) in [6.45, 7) is 9.16. The number of hydrogen-bond donors (Lipinski definition) is 1. The van der Waals surface area contributed by atoms with Gasteiger partial charge in [-0.1, -0.05) is 19.9 Å². The summed E-state index contributed by atoms with van der Waals surface area (Å²) in [7, 11) is 0. The van der Waals surface area contributed by atoms with Crippen LogP contribution in [0, 0.1) is 0 Å². The van der Waals surface area contributed by atoms with Crippen molar-refractivity contribution in [2.75, 3.05) is 26.2 Å². The zero-order chi connectivity index (χ0) is 12.8. The van der Waals surface area contributed by atoms with Gasteiger partial charge in [-0.25, -0.2) is 0 Å². The SMILES string of the molecule is CCC1(CC)CN(CCc2ccccn2)CCN1. The fourth-order valence-corrected chi connectivity index (χ4v) is 2.78. The highest BCUT2D eigenvalue weighted by molar-refractivity contribution is 5.04. The van der Waals surface area contributed by atoms with E-state index < -0.39 is 0 Å². The van der Waals surface area contributed by atoms with E-state index in [0.29, 0.717) is 5.54 Å². The van der Waals surface area contributed by atoms with Crippen molar-refractivity contribution in [2.45, 2.75) is 38.6 Å². The van der Waals surface area contributed by atoms with Gasteiger partial charge in [0.2, 0.25) is 0 Å². The van der Waals surface area contributed by atoms with Crippen molar-refractivity contribution in [2.24, 2.45) is 0 Å². The number of pyridine rings is 1. The second-order valence-corrected chi connectivity index (χ2v) is 5.26. The fraction of sp³-hybridized carbons (Fsp3) is 0.667. The lowest BCUT2D eigenvalue weighted by atomic mass is 9.90. The summed E-state index contributed by atoms with van der Waals surface area (Å²) < 4.78 is 0. The molecule has 3 nitrogen and oxygen atoms in total. The minimum absolute atomic E-state index is 0.336. The van der Waals surface area contributed by atoms with E-state index in [4.69, 9.17) is 0 Å². The van der Waals surface area contributed by atoms with Gasteiger partial charge in [0.05, 0.1) is 0 Å². The van der Waals surface area contributed by atoms with Gasteiger partial charge in [-0.15, -0.1) is 0 Å². The summed E-state index contributed by atoms with van der Waals surface area (Å²) in [4.78, 5) is 6.98. The van der Waals surface area contributed by atoms with Crippen LogP contribution in [0.25, 0.3) is 0 Å². The van der Waals surface area contributed by atoms with Crippen LogP contribution in [0.2, 0.25) is 0 Å². The van der Waals surface area contributed by atoms with Gasteiger partial charge in [0.1, 0.15) is 0 Å². The van der Waals surface area contributed by atoms with E-state index in [0.717, 1.165) is 26.1 Å². The van der Waals surface area contributed by atoms with E-state index in [2.05, 4.69) is 41.2 Å². The molecule has 1 aliphatic rings. The molecule has 2 heterocycles. The molecule has 1 N–H and O–H groups in total. The Hall–Kier alpha value is -0.930. The maximum absolute atomic E-state index is 4.40. The smallest absolute Gasteiger partial charge is 0.0416 e. The number of nitrogens with one attached hydrogen (secondary N) is 1. The van der Waals surface area contributed by atoms with Crippen molar-refractivity contribution in [1.82, 2.24) is 15.2 Å². The number of aromatic nitrogens is 1. The summed E-state index contributed by atoms with van der Waals surface area (Å²) in [5.41, 5.74) is 1.54. The molecular weight excluding hydrogens is 222 g/mol. The fourth-order valence-electron chi connectivity index (χ4n) is 2.78. The molecule has 1 saturated heterocycles. The molecule has 1 fully saturated rings. The first-order valence-electron chi connectivity index (χ1n) is 7.15. The third kappa shape index (κ3) is 3.30. The van der Waals surface area contributed by atoms with Crippen LogP contribution in [0.15, 0.2) is 24.4 Å². The molecule has 0 atom stereocenters. The lowest BCUT2D eigenvalue weighted by molar-refractivity contribution is 0.125. The Morgan fingerprint density at radius 2 is 2.17 bits per heavy atom. The normalized spacial score (nSPS) is 19.9. The van der Waals surface area contributed by atoms with Crippen LogP contribution in [0.3, 0.4) is 0 Å². The number of nitrogens with zero attached hydrogens (tertiary/aromatic N) is 2. The van der Waals surface area contributed by atoms with Crippen molar-refractivity contribution in [3.63, 3.8) is 0 Å². The summed E-state index contributed by atoms with van der Waals surface area (Å²) in [5, 5.41) is 3.70. The zero-order valence-electron chi connectivity index (χ0n) is 11.7. The average Bonchev–Trinajstić information content (AvgIpc) is 2.46. The van der Waals surface area contributed by atoms with Gasteiger partial charge >= 0.3 is 0 Å². The molecule has 1 aromatic heterocycles. The summed E-state index contributed by atoms with van der Waals surface area (Å²) in [6.07, 6.45) is 5.37. The van der Waals surface area contributed by atoms with E-state index in [1.807, 2.05) is 12.3 Å². The monoisotopic (exact) mass is 247 g/mol. The minimum atomic E-state index is 0.336. The molecule has 0 unspecified atom stereocenters. The summed E-state index contributed by atoms with van der Waals surface area (Å²) in [6, 6.07) is 6.17. The molecule has 0 saturated carbocycles. The molecule has 0 spiro atoms. The van der Waals surface area contributed by atoms with Crippen LogP contribution in [-0.4, -0.2) is 41.6 Å². The molecule has 18 heavy (non-hydrogen) atoms. The Kier molecular flexibility index (Phi) is 4.72. The van der Waals surface area contributed by atoms with Crippen LogP contribution < -0.4 is 5.32 Å². The molecule has 100 valence electrons. The molecule has 1 aliphatic heterocycles. The topological polar surface area (TPSA) is 28.2 Å². The molecule has 0 aliphatic carbocycles. The van der Waals surface area contributed by atoms with Crippen LogP contribution in [0.1, 0.15) is 32.4 Å². The largest absolute Gasteiger partial charge is 0.309 e. The van der Waals surface area contributed by atoms with Crippen LogP contribution in [-0.2, 0) is 6.42 Å². The lowest BCUT2D eigenvalue weighted by Crippen LogP contribution is -2.60. The minimum Gasteiger partial charge on any atom is -0.309 e. The molecule has 0 radical (unpaired) electrons. The predicted octanol–water partition coefficient (Wildman–Crippen LogP) is 2.09.